The highest BCUT2D eigenvalue weighted by Gasteiger charge is 2.21. The molecule has 0 bridgehead atoms. The molecular weight excluding hydrogens is 621 g/mol. The summed E-state index contributed by atoms with van der Waals surface area (Å²) in [6.45, 7) is 0. The first-order valence-corrected chi connectivity index (χ1v) is 17.4. The Morgan fingerprint density at radius 2 is 0.882 bits per heavy atom. The number of para-hydroxylation sites is 3. The number of benzene rings is 8. The molecule has 0 saturated heterocycles. The molecule has 3 aromatic heterocycles. The van der Waals surface area contributed by atoms with Crippen LogP contribution in [-0.4, -0.2) is 9.13 Å². The highest BCUT2D eigenvalue weighted by Crippen LogP contribution is 2.43. The SMILES string of the molecule is c1ccc(-c2cccc(-c3cccc4oc5cccc(-n6c7ccccc7c7cc(-n8c9ccccc9c9ccccc98)ccc76)c5c34)c2)cc1. The smallest absolute Gasteiger partial charge is 0.137 e. The quantitative estimate of drug-likeness (QED) is 0.186. The topological polar surface area (TPSA) is 23.0 Å². The average Bonchev–Trinajstić information content (AvgIpc) is 3.86. The predicted molar refractivity (Wildman–Crippen MR) is 213 cm³/mol. The van der Waals surface area contributed by atoms with Crippen molar-refractivity contribution in [3.8, 4) is 33.6 Å². The van der Waals surface area contributed by atoms with Gasteiger partial charge in [0.1, 0.15) is 11.2 Å². The zero-order valence-corrected chi connectivity index (χ0v) is 27.6. The zero-order chi connectivity index (χ0) is 33.5. The van der Waals surface area contributed by atoms with E-state index in [1.165, 1.54) is 43.7 Å². The van der Waals surface area contributed by atoms with Gasteiger partial charge in [0.15, 0.2) is 0 Å². The Morgan fingerprint density at radius 1 is 0.333 bits per heavy atom. The second-order valence-electron chi connectivity index (χ2n) is 13.3. The van der Waals surface area contributed by atoms with Gasteiger partial charge in [0, 0.05) is 32.6 Å². The summed E-state index contributed by atoms with van der Waals surface area (Å²) in [4.78, 5) is 0. The number of fused-ring (bicyclic) bond motifs is 9. The zero-order valence-electron chi connectivity index (χ0n) is 27.6. The third-order valence-electron chi connectivity index (χ3n) is 10.5. The van der Waals surface area contributed by atoms with Crippen LogP contribution in [0.15, 0.2) is 186 Å². The second-order valence-corrected chi connectivity index (χ2v) is 13.3. The molecule has 0 spiro atoms. The molecule has 0 N–H and O–H groups in total. The van der Waals surface area contributed by atoms with E-state index in [0.717, 1.165) is 55.5 Å². The maximum absolute atomic E-state index is 6.63. The van der Waals surface area contributed by atoms with E-state index in [-0.39, 0.29) is 0 Å². The van der Waals surface area contributed by atoms with Crippen LogP contribution in [0.1, 0.15) is 0 Å². The van der Waals surface area contributed by atoms with E-state index in [2.05, 4.69) is 191 Å². The fraction of sp³-hybridized carbons (Fsp3) is 0. The van der Waals surface area contributed by atoms with E-state index in [1.807, 2.05) is 0 Å². The Kier molecular flexibility index (Phi) is 5.96. The van der Waals surface area contributed by atoms with Crippen LogP contribution in [0.25, 0.3) is 99.2 Å². The molecule has 0 aliphatic heterocycles. The minimum atomic E-state index is 0.877. The van der Waals surface area contributed by atoms with Gasteiger partial charge in [0.05, 0.1) is 33.1 Å². The molecule has 0 saturated carbocycles. The van der Waals surface area contributed by atoms with Crippen LogP contribution >= 0.6 is 0 Å². The van der Waals surface area contributed by atoms with E-state index >= 15 is 0 Å². The maximum atomic E-state index is 6.63. The Hall–Kier alpha value is -6.84. The van der Waals surface area contributed by atoms with Gasteiger partial charge in [-0.15, -0.1) is 0 Å². The second kappa shape index (κ2) is 10.8. The molecule has 0 atom stereocenters. The first-order valence-electron chi connectivity index (χ1n) is 17.4. The number of rotatable bonds is 4. The normalized spacial score (nSPS) is 11.9. The highest BCUT2D eigenvalue weighted by atomic mass is 16.3. The van der Waals surface area contributed by atoms with Crippen molar-refractivity contribution in [3.05, 3.63) is 182 Å². The lowest BCUT2D eigenvalue weighted by atomic mass is 9.95. The van der Waals surface area contributed by atoms with E-state index in [4.69, 9.17) is 4.42 Å². The van der Waals surface area contributed by atoms with Gasteiger partial charge in [-0.1, -0.05) is 121 Å². The summed E-state index contributed by atoms with van der Waals surface area (Å²) in [6.07, 6.45) is 0. The van der Waals surface area contributed by atoms with Gasteiger partial charge < -0.3 is 13.6 Å². The van der Waals surface area contributed by atoms with E-state index < -0.39 is 0 Å². The maximum Gasteiger partial charge on any atom is 0.137 e. The van der Waals surface area contributed by atoms with Crippen LogP contribution in [0, 0.1) is 0 Å². The molecule has 3 heteroatoms. The van der Waals surface area contributed by atoms with Crippen molar-refractivity contribution in [3.63, 3.8) is 0 Å². The minimum absolute atomic E-state index is 0.877. The molecule has 8 aromatic carbocycles. The fourth-order valence-electron chi connectivity index (χ4n) is 8.33. The fourth-order valence-corrected chi connectivity index (χ4v) is 8.33. The lowest BCUT2D eigenvalue weighted by molar-refractivity contribution is 0.669. The van der Waals surface area contributed by atoms with Crippen molar-refractivity contribution < 1.29 is 4.42 Å². The van der Waals surface area contributed by atoms with Gasteiger partial charge in [-0.3, -0.25) is 0 Å². The molecule has 0 aliphatic carbocycles. The summed E-state index contributed by atoms with van der Waals surface area (Å²) in [5.74, 6) is 0. The summed E-state index contributed by atoms with van der Waals surface area (Å²) < 4.78 is 11.5. The van der Waals surface area contributed by atoms with Gasteiger partial charge in [-0.25, -0.2) is 0 Å². The lowest BCUT2D eigenvalue weighted by Crippen LogP contribution is -1.96. The van der Waals surface area contributed by atoms with Gasteiger partial charge in [-0.2, -0.15) is 0 Å². The van der Waals surface area contributed by atoms with Crippen LogP contribution < -0.4 is 0 Å². The molecular formula is C48H30N2O. The molecule has 3 nitrogen and oxygen atoms in total. The number of aromatic nitrogens is 2. The number of nitrogens with zero attached hydrogens (tertiary/aromatic N) is 2. The summed E-state index contributed by atoms with van der Waals surface area (Å²) in [6, 6.07) is 65.4. The van der Waals surface area contributed by atoms with Crippen LogP contribution in [0.5, 0.6) is 0 Å². The number of furan rings is 1. The van der Waals surface area contributed by atoms with Crippen LogP contribution in [0.2, 0.25) is 0 Å². The van der Waals surface area contributed by atoms with Gasteiger partial charge in [-0.05, 0) is 82.9 Å². The number of hydrogen-bond acceptors (Lipinski definition) is 1. The Labute approximate surface area is 293 Å². The van der Waals surface area contributed by atoms with Crippen molar-refractivity contribution in [2.75, 3.05) is 0 Å². The van der Waals surface area contributed by atoms with Crippen molar-refractivity contribution in [1.82, 2.24) is 9.13 Å². The molecule has 11 aromatic rings. The third-order valence-corrected chi connectivity index (χ3v) is 10.5. The molecule has 0 unspecified atom stereocenters. The largest absolute Gasteiger partial charge is 0.456 e. The molecule has 51 heavy (non-hydrogen) atoms. The average molecular weight is 651 g/mol. The summed E-state index contributed by atoms with van der Waals surface area (Å²) in [5.41, 5.74) is 13.5. The monoisotopic (exact) mass is 650 g/mol. The van der Waals surface area contributed by atoms with Crippen LogP contribution in [0.3, 0.4) is 0 Å². The van der Waals surface area contributed by atoms with E-state index in [9.17, 15) is 0 Å². The third kappa shape index (κ3) is 4.12. The lowest BCUT2D eigenvalue weighted by Gasteiger charge is -2.12. The van der Waals surface area contributed by atoms with Crippen molar-refractivity contribution in [2.24, 2.45) is 0 Å². The van der Waals surface area contributed by atoms with Crippen molar-refractivity contribution >= 4 is 65.6 Å². The number of hydrogen-bond donors (Lipinski definition) is 0. The van der Waals surface area contributed by atoms with Crippen LogP contribution in [-0.2, 0) is 0 Å². The molecule has 0 amide bonds. The van der Waals surface area contributed by atoms with E-state index in [0.29, 0.717) is 0 Å². The van der Waals surface area contributed by atoms with Crippen molar-refractivity contribution in [2.45, 2.75) is 0 Å². The molecule has 0 fully saturated rings. The summed E-state index contributed by atoms with van der Waals surface area (Å²) >= 11 is 0. The summed E-state index contributed by atoms with van der Waals surface area (Å²) in [7, 11) is 0. The molecule has 0 aliphatic rings. The highest BCUT2D eigenvalue weighted by molar-refractivity contribution is 6.18. The standard InChI is InChI=1S/C48H30N2O/c1-2-13-31(14-3-1)32-15-10-16-33(29-32)35-20-11-25-45-47(35)48-44(24-12-26-46(48)51-45)50-42-23-9-6-19-38(42)39-30-34(27-28-43(39)50)49-40-21-7-4-17-36(40)37-18-5-8-22-41(37)49/h1-30H. The molecule has 238 valence electrons. The summed E-state index contributed by atoms with van der Waals surface area (Å²) in [5, 5.41) is 7.20. The van der Waals surface area contributed by atoms with E-state index in [1.54, 1.807) is 0 Å². The predicted octanol–water partition coefficient (Wildman–Crippen LogP) is 13.1. The minimum Gasteiger partial charge on any atom is -0.456 e. The van der Waals surface area contributed by atoms with Gasteiger partial charge in [0.2, 0.25) is 0 Å². The van der Waals surface area contributed by atoms with Crippen molar-refractivity contribution in [1.29, 1.82) is 0 Å². The Balaban J connectivity index is 1.18. The molecule has 11 rings (SSSR count). The molecule has 0 radical (unpaired) electrons. The van der Waals surface area contributed by atoms with Gasteiger partial charge in [0.25, 0.3) is 0 Å². The van der Waals surface area contributed by atoms with Crippen LogP contribution in [0.4, 0.5) is 0 Å². The Morgan fingerprint density at radius 3 is 1.63 bits per heavy atom. The Bertz CT molecular complexity index is 3090. The molecule has 3 heterocycles. The first kappa shape index (κ1) is 28.0. The first-order chi connectivity index (χ1) is 25.3. The van der Waals surface area contributed by atoms with Gasteiger partial charge >= 0.3 is 0 Å².